The summed E-state index contributed by atoms with van der Waals surface area (Å²) in [6, 6.07) is 0.625. The van der Waals surface area contributed by atoms with Gasteiger partial charge in [0.2, 0.25) is 0 Å². The van der Waals surface area contributed by atoms with E-state index in [1.165, 1.54) is 58.5 Å². The molecule has 0 aromatic carbocycles. The van der Waals surface area contributed by atoms with Crippen molar-refractivity contribution in [2.45, 2.75) is 53.0 Å². The van der Waals surface area contributed by atoms with Crippen molar-refractivity contribution in [3.05, 3.63) is 0 Å². The smallest absolute Gasteiger partial charge is 0.0243 e. The Labute approximate surface area is 126 Å². The lowest BCUT2D eigenvalue weighted by Gasteiger charge is -2.42. The second-order valence-electron chi connectivity index (χ2n) is 8.58. The van der Waals surface area contributed by atoms with Gasteiger partial charge in [-0.05, 0) is 63.3 Å². The number of hydrogen-bond donors (Lipinski definition) is 1. The highest BCUT2D eigenvalue weighted by atomic mass is 15.2. The van der Waals surface area contributed by atoms with Crippen molar-refractivity contribution in [1.82, 2.24) is 15.1 Å². The van der Waals surface area contributed by atoms with E-state index in [0.29, 0.717) is 16.9 Å². The molecule has 1 unspecified atom stereocenters. The summed E-state index contributed by atoms with van der Waals surface area (Å²) < 4.78 is 0. The predicted octanol–water partition coefficient (Wildman–Crippen LogP) is 2.43. The number of hydrogen-bond acceptors (Lipinski definition) is 3. The van der Waals surface area contributed by atoms with Crippen LogP contribution in [-0.4, -0.2) is 62.2 Å². The van der Waals surface area contributed by atoms with E-state index >= 15 is 0 Å². The summed E-state index contributed by atoms with van der Waals surface area (Å²) in [6.45, 7) is 17.1. The minimum Gasteiger partial charge on any atom is -0.312 e. The average molecular weight is 281 g/mol. The van der Waals surface area contributed by atoms with Gasteiger partial charge in [0.25, 0.3) is 0 Å². The largest absolute Gasteiger partial charge is 0.312 e. The second-order valence-corrected chi connectivity index (χ2v) is 8.58. The second kappa shape index (κ2) is 6.33. The molecule has 0 spiro atoms. The number of nitrogens with zero attached hydrogens (tertiary/aromatic N) is 2. The lowest BCUT2D eigenvalue weighted by atomic mass is 9.79. The van der Waals surface area contributed by atoms with Crippen LogP contribution < -0.4 is 5.32 Å². The fourth-order valence-corrected chi connectivity index (χ4v) is 3.57. The standard InChI is InChI=1S/C17H35N3/c1-16(2,3)15-13-20(10-6-9-18-15)14-17(4)7-11-19(5)12-8-17/h15,18H,6-14H2,1-5H3. The first-order valence-corrected chi connectivity index (χ1v) is 8.43. The third kappa shape index (κ3) is 4.44. The van der Waals surface area contributed by atoms with E-state index in [0.717, 1.165) is 0 Å². The summed E-state index contributed by atoms with van der Waals surface area (Å²) in [4.78, 5) is 5.21. The summed E-state index contributed by atoms with van der Waals surface area (Å²) in [5.41, 5.74) is 0.884. The topological polar surface area (TPSA) is 18.5 Å². The maximum Gasteiger partial charge on any atom is 0.0243 e. The zero-order valence-corrected chi connectivity index (χ0v) is 14.3. The van der Waals surface area contributed by atoms with E-state index in [1.54, 1.807) is 0 Å². The monoisotopic (exact) mass is 281 g/mol. The zero-order chi connectivity index (χ0) is 14.8. The fraction of sp³-hybridized carbons (Fsp3) is 1.00. The minimum atomic E-state index is 0.357. The number of rotatable bonds is 2. The van der Waals surface area contributed by atoms with E-state index in [-0.39, 0.29) is 0 Å². The summed E-state index contributed by atoms with van der Waals surface area (Å²) in [7, 11) is 2.26. The Hall–Kier alpha value is -0.120. The van der Waals surface area contributed by atoms with Crippen LogP contribution in [0, 0.1) is 10.8 Å². The minimum absolute atomic E-state index is 0.357. The van der Waals surface area contributed by atoms with Crippen molar-refractivity contribution < 1.29 is 0 Å². The Balaban J connectivity index is 1.93. The van der Waals surface area contributed by atoms with Gasteiger partial charge >= 0.3 is 0 Å². The van der Waals surface area contributed by atoms with Crippen LogP contribution in [0.25, 0.3) is 0 Å². The molecule has 118 valence electrons. The highest BCUT2D eigenvalue weighted by molar-refractivity contribution is 4.90. The van der Waals surface area contributed by atoms with Gasteiger partial charge in [0.1, 0.15) is 0 Å². The molecular formula is C17H35N3. The SMILES string of the molecule is CN1CCC(C)(CN2CCCNC(C(C)(C)C)C2)CC1. The van der Waals surface area contributed by atoms with Gasteiger partial charge in [0.15, 0.2) is 0 Å². The Morgan fingerprint density at radius 1 is 1.15 bits per heavy atom. The predicted molar refractivity (Wildman–Crippen MR) is 87.1 cm³/mol. The molecule has 2 aliphatic rings. The molecule has 0 radical (unpaired) electrons. The maximum absolute atomic E-state index is 3.76. The van der Waals surface area contributed by atoms with Gasteiger partial charge in [-0.15, -0.1) is 0 Å². The molecule has 0 amide bonds. The van der Waals surface area contributed by atoms with Crippen molar-refractivity contribution in [3.63, 3.8) is 0 Å². The highest BCUT2D eigenvalue weighted by Crippen LogP contribution is 2.32. The molecule has 0 aromatic heterocycles. The van der Waals surface area contributed by atoms with E-state index in [1.807, 2.05) is 0 Å². The Morgan fingerprint density at radius 3 is 2.40 bits per heavy atom. The van der Waals surface area contributed by atoms with Crippen LogP contribution in [0.5, 0.6) is 0 Å². The molecule has 2 aliphatic heterocycles. The third-order valence-electron chi connectivity index (χ3n) is 5.33. The van der Waals surface area contributed by atoms with Gasteiger partial charge in [-0.25, -0.2) is 0 Å². The van der Waals surface area contributed by atoms with E-state index in [2.05, 4.69) is 49.9 Å². The van der Waals surface area contributed by atoms with Gasteiger partial charge in [-0.3, -0.25) is 0 Å². The van der Waals surface area contributed by atoms with E-state index < -0.39 is 0 Å². The molecule has 0 aliphatic carbocycles. The van der Waals surface area contributed by atoms with Gasteiger partial charge in [0, 0.05) is 19.1 Å². The molecule has 0 aromatic rings. The van der Waals surface area contributed by atoms with Crippen LogP contribution in [-0.2, 0) is 0 Å². The number of likely N-dealkylation sites (tertiary alicyclic amines) is 1. The molecule has 2 heterocycles. The highest BCUT2D eigenvalue weighted by Gasteiger charge is 2.34. The summed E-state index contributed by atoms with van der Waals surface area (Å²) >= 11 is 0. The van der Waals surface area contributed by atoms with Crippen LogP contribution in [0.1, 0.15) is 47.0 Å². The van der Waals surface area contributed by atoms with Gasteiger partial charge in [-0.1, -0.05) is 27.7 Å². The summed E-state index contributed by atoms with van der Waals surface area (Å²) in [5, 5.41) is 3.76. The lowest BCUT2D eigenvalue weighted by Crippen LogP contribution is -2.49. The third-order valence-corrected chi connectivity index (χ3v) is 5.33. The van der Waals surface area contributed by atoms with Gasteiger partial charge in [0.05, 0.1) is 0 Å². The molecule has 0 saturated carbocycles. The molecule has 0 bridgehead atoms. The summed E-state index contributed by atoms with van der Waals surface area (Å²) in [5.74, 6) is 0. The van der Waals surface area contributed by atoms with Crippen molar-refractivity contribution in [3.8, 4) is 0 Å². The first-order valence-electron chi connectivity index (χ1n) is 8.43. The van der Waals surface area contributed by atoms with Crippen LogP contribution in [0.4, 0.5) is 0 Å². The molecule has 2 rings (SSSR count). The first kappa shape index (κ1) is 16.3. The first-order chi connectivity index (χ1) is 9.28. The Morgan fingerprint density at radius 2 is 1.80 bits per heavy atom. The van der Waals surface area contributed by atoms with E-state index in [4.69, 9.17) is 0 Å². The summed E-state index contributed by atoms with van der Waals surface area (Å²) in [6.07, 6.45) is 4.00. The lowest BCUT2D eigenvalue weighted by molar-refractivity contribution is 0.0783. The zero-order valence-electron chi connectivity index (χ0n) is 14.3. The quantitative estimate of drug-likeness (QED) is 0.839. The molecule has 1 atom stereocenters. The normalized spacial score (nSPS) is 30.1. The molecule has 1 N–H and O–H groups in total. The van der Waals surface area contributed by atoms with Gasteiger partial charge < -0.3 is 15.1 Å². The van der Waals surface area contributed by atoms with Crippen molar-refractivity contribution in [1.29, 1.82) is 0 Å². The Bertz CT molecular complexity index is 300. The fourth-order valence-electron chi connectivity index (χ4n) is 3.57. The number of piperidine rings is 1. The maximum atomic E-state index is 3.76. The van der Waals surface area contributed by atoms with Crippen LogP contribution in [0.3, 0.4) is 0 Å². The molecule has 2 saturated heterocycles. The van der Waals surface area contributed by atoms with Crippen LogP contribution in [0.2, 0.25) is 0 Å². The van der Waals surface area contributed by atoms with E-state index in [9.17, 15) is 0 Å². The van der Waals surface area contributed by atoms with Crippen LogP contribution in [0.15, 0.2) is 0 Å². The molecule has 2 fully saturated rings. The van der Waals surface area contributed by atoms with Crippen molar-refractivity contribution >= 4 is 0 Å². The van der Waals surface area contributed by atoms with Gasteiger partial charge in [-0.2, -0.15) is 0 Å². The molecule has 3 nitrogen and oxygen atoms in total. The molecule has 3 heteroatoms. The molecule has 20 heavy (non-hydrogen) atoms. The Kier molecular flexibility index (Phi) is 5.14. The van der Waals surface area contributed by atoms with Crippen LogP contribution >= 0.6 is 0 Å². The van der Waals surface area contributed by atoms with Crippen molar-refractivity contribution in [2.75, 3.05) is 46.3 Å². The number of nitrogens with one attached hydrogen (secondary N) is 1. The molecular weight excluding hydrogens is 246 g/mol. The average Bonchev–Trinajstić information content (AvgIpc) is 2.58. The van der Waals surface area contributed by atoms with Crippen molar-refractivity contribution in [2.24, 2.45) is 10.8 Å².